The standard InChI is InChI=1S/C11H9NOS2/c14-5-9-8-6-15-10-4-2-1-3-7(10)11(8)13-12-9/h1-4,14H,5-6H2. The van der Waals surface area contributed by atoms with Crippen LogP contribution >= 0.6 is 24.4 Å². The fourth-order valence-corrected chi connectivity index (χ4v) is 3.09. The molecule has 0 aliphatic carbocycles. The van der Waals surface area contributed by atoms with Crippen LogP contribution in [-0.4, -0.2) is 5.16 Å². The van der Waals surface area contributed by atoms with Crippen LogP contribution in [0.2, 0.25) is 0 Å². The molecule has 0 radical (unpaired) electrons. The quantitative estimate of drug-likeness (QED) is 0.767. The molecule has 0 saturated carbocycles. The van der Waals surface area contributed by atoms with Crippen molar-refractivity contribution in [2.24, 2.45) is 0 Å². The van der Waals surface area contributed by atoms with Gasteiger partial charge in [0.2, 0.25) is 0 Å². The van der Waals surface area contributed by atoms with E-state index in [1.165, 1.54) is 10.5 Å². The van der Waals surface area contributed by atoms with E-state index in [1.54, 1.807) is 0 Å². The summed E-state index contributed by atoms with van der Waals surface area (Å²) in [5.41, 5.74) is 3.33. The van der Waals surface area contributed by atoms with Crippen LogP contribution < -0.4 is 0 Å². The largest absolute Gasteiger partial charge is 0.356 e. The van der Waals surface area contributed by atoms with E-state index < -0.39 is 0 Å². The van der Waals surface area contributed by atoms with Crippen molar-refractivity contribution in [3.8, 4) is 11.3 Å². The van der Waals surface area contributed by atoms with Crippen molar-refractivity contribution in [1.82, 2.24) is 5.16 Å². The second-order valence-electron chi connectivity index (χ2n) is 3.38. The molecule has 1 aromatic heterocycles. The van der Waals surface area contributed by atoms with E-state index in [1.807, 2.05) is 23.9 Å². The SMILES string of the molecule is SCc1noc2c1CSc1ccccc1-2. The average Bonchev–Trinajstić information content (AvgIpc) is 2.72. The first-order chi connectivity index (χ1) is 7.40. The van der Waals surface area contributed by atoms with Gasteiger partial charge in [0.1, 0.15) is 0 Å². The molecule has 4 heteroatoms. The number of thiol groups is 1. The van der Waals surface area contributed by atoms with E-state index in [0.29, 0.717) is 5.75 Å². The minimum absolute atomic E-state index is 0.640. The predicted octanol–water partition coefficient (Wildman–Crippen LogP) is 3.38. The molecular formula is C11H9NOS2. The summed E-state index contributed by atoms with van der Waals surface area (Å²) in [5, 5.41) is 4.05. The number of rotatable bonds is 1. The normalized spacial score (nSPS) is 13.4. The first-order valence-corrected chi connectivity index (χ1v) is 6.32. The third kappa shape index (κ3) is 1.40. The van der Waals surface area contributed by atoms with Gasteiger partial charge in [-0.05, 0) is 12.1 Å². The van der Waals surface area contributed by atoms with Crippen molar-refractivity contribution in [3.05, 3.63) is 35.5 Å². The van der Waals surface area contributed by atoms with Crippen LogP contribution in [0.1, 0.15) is 11.3 Å². The van der Waals surface area contributed by atoms with E-state index in [2.05, 4.69) is 29.9 Å². The average molecular weight is 235 g/mol. The van der Waals surface area contributed by atoms with Crippen LogP contribution in [0.4, 0.5) is 0 Å². The van der Waals surface area contributed by atoms with Crippen molar-refractivity contribution < 1.29 is 4.52 Å². The minimum atomic E-state index is 0.640. The van der Waals surface area contributed by atoms with Gasteiger partial charge in [-0.25, -0.2) is 0 Å². The molecule has 76 valence electrons. The van der Waals surface area contributed by atoms with Crippen LogP contribution in [0, 0.1) is 0 Å². The van der Waals surface area contributed by atoms with Crippen molar-refractivity contribution >= 4 is 24.4 Å². The molecular weight excluding hydrogens is 226 g/mol. The molecule has 0 atom stereocenters. The first kappa shape index (κ1) is 9.36. The van der Waals surface area contributed by atoms with Crippen molar-refractivity contribution in [2.75, 3.05) is 0 Å². The Bertz CT molecular complexity index is 507. The van der Waals surface area contributed by atoms with Crippen molar-refractivity contribution in [2.45, 2.75) is 16.4 Å². The summed E-state index contributed by atoms with van der Waals surface area (Å²) in [4.78, 5) is 1.27. The predicted molar refractivity (Wildman–Crippen MR) is 64.2 cm³/mol. The van der Waals surface area contributed by atoms with Gasteiger partial charge in [0.25, 0.3) is 0 Å². The van der Waals surface area contributed by atoms with Gasteiger partial charge in [0.15, 0.2) is 5.76 Å². The van der Waals surface area contributed by atoms with Gasteiger partial charge in [-0.15, -0.1) is 11.8 Å². The second kappa shape index (κ2) is 3.61. The summed E-state index contributed by atoms with van der Waals surface area (Å²) in [5.74, 6) is 2.50. The lowest BCUT2D eigenvalue weighted by Gasteiger charge is -2.13. The minimum Gasteiger partial charge on any atom is -0.356 e. The lowest BCUT2D eigenvalue weighted by atomic mass is 10.1. The lowest BCUT2D eigenvalue weighted by molar-refractivity contribution is 0.425. The molecule has 0 saturated heterocycles. The number of benzene rings is 1. The Balaban J connectivity index is 2.22. The van der Waals surface area contributed by atoms with Gasteiger partial charge in [-0.3, -0.25) is 0 Å². The van der Waals surface area contributed by atoms with Gasteiger partial charge >= 0.3 is 0 Å². The molecule has 1 aromatic carbocycles. The Morgan fingerprint density at radius 1 is 1.40 bits per heavy atom. The molecule has 0 amide bonds. The van der Waals surface area contributed by atoms with Gasteiger partial charge < -0.3 is 4.52 Å². The molecule has 1 aliphatic rings. The molecule has 1 aliphatic heterocycles. The lowest BCUT2D eigenvalue weighted by Crippen LogP contribution is -1.94. The van der Waals surface area contributed by atoms with E-state index in [-0.39, 0.29) is 0 Å². The van der Waals surface area contributed by atoms with E-state index in [0.717, 1.165) is 22.8 Å². The zero-order valence-electron chi connectivity index (χ0n) is 7.93. The Labute approximate surface area is 97.5 Å². The zero-order chi connectivity index (χ0) is 10.3. The van der Waals surface area contributed by atoms with Crippen LogP contribution in [0.5, 0.6) is 0 Å². The third-order valence-electron chi connectivity index (χ3n) is 2.52. The molecule has 0 fully saturated rings. The van der Waals surface area contributed by atoms with Crippen molar-refractivity contribution in [3.63, 3.8) is 0 Å². The number of aromatic nitrogens is 1. The Morgan fingerprint density at radius 3 is 3.13 bits per heavy atom. The number of nitrogens with zero attached hydrogens (tertiary/aromatic N) is 1. The molecule has 2 heterocycles. The van der Waals surface area contributed by atoms with Crippen LogP contribution in [0.15, 0.2) is 33.7 Å². The van der Waals surface area contributed by atoms with Crippen LogP contribution in [0.25, 0.3) is 11.3 Å². The number of thioether (sulfide) groups is 1. The smallest absolute Gasteiger partial charge is 0.172 e. The molecule has 0 N–H and O–H groups in total. The van der Waals surface area contributed by atoms with Crippen molar-refractivity contribution in [1.29, 1.82) is 0 Å². The third-order valence-corrected chi connectivity index (χ3v) is 3.92. The van der Waals surface area contributed by atoms with Gasteiger partial charge in [0, 0.05) is 27.5 Å². The second-order valence-corrected chi connectivity index (χ2v) is 4.71. The maximum atomic E-state index is 5.39. The number of fused-ring (bicyclic) bond motifs is 3. The molecule has 3 rings (SSSR count). The summed E-state index contributed by atoms with van der Waals surface area (Å²) in [6.07, 6.45) is 0. The summed E-state index contributed by atoms with van der Waals surface area (Å²) in [6.45, 7) is 0. The highest BCUT2D eigenvalue weighted by Crippen LogP contribution is 2.42. The van der Waals surface area contributed by atoms with E-state index in [4.69, 9.17) is 4.52 Å². The maximum absolute atomic E-state index is 5.39. The molecule has 2 aromatic rings. The Morgan fingerprint density at radius 2 is 2.27 bits per heavy atom. The monoisotopic (exact) mass is 235 g/mol. The number of hydrogen-bond donors (Lipinski definition) is 1. The summed E-state index contributed by atoms with van der Waals surface area (Å²) >= 11 is 6.08. The first-order valence-electron chi connectivity index (χ1n) is 4.70. The van der Waals surface area contributed by atoms with Gasteiger partial charge in [-0.2, -0.15) is 12.6 Å². The highest BCUT2D eigenvalue weighted by atomic mass is 32.2. The summed E-state index contributed by atoms with van der Waals surface area (Å²) in [7, 11) is 0. The number of hydrogen-bond acceptors (Lipinski definition) is 4. The molecule has 0 bridgehead atoms. The summed E-state index contributed by atoms with van der Waals surface area (Å²) < 4.78 is 5.39. The molecule has 0 unspecified atom stereocenters. The Hall–Kier alpha value is -0.870. The topological polar surface area (TPSA) is 26.0 Å². The maximum Gasteiger partial charge on any atom is 0.172 e. The molecule has 15 heavy (non-hydrogen) atoms. The molecule has 0 spiro atoms. The fraction of sp³-hybridized carbons (Fsp3) is 0.182. The zero-order valence-corrected chi connectivity index (χ0v) is 9.65. The highest BCUT2D eigenvalue weighted by Gasteiger charge is 2.23. The highest BCUT2D eigenvalue weighted by molar-refractivity contribution is 7.98. The van der Waals surface area contributed by atoms with Crippen LogP contribution in [0.3, 0.4) is 0 Å². The van der Waals surface area contributed by atoms with Gasteiger partial charge in [0.05, 0.1) is 5.69 Å². The van der Waals surface area contributed by atoms with E-state index in [9.17, 15) is 0 Å². The van der Waals surface area contributed by atoms with E-state index >= 15 is 0 Å². The fourth-order valence-electron chi connectivity index (χ4n) is 1.76. The summed E-state index contributed by atoms with van der Waals surface area (Å²) in [6, 6.07) is 8.27. The van der Waals surface area contributed by atoms with Crippen LogP contribution in [-0.2, 0) is 11.5 Å². The van der Waals surface area contributed by atoms with Gasteiger partial charge in [-0.1, -0.05) is 17.3 Å². The Kier molecular flexibility index (Phi) is 2.25. The molecule has 2 nitrogen and oxygen atoms in total.